The van der Waals surface area contributed by atoms with Gasteiger partial charge in [0.1, 0.15) is 34.8 Å². The number of carbonyl (C=O) groups is 5. The Morgan fingerprint density at radius 1 is 0.607 bits per heavy atom. The SMILES string of the molecule is CC(C)(C)OC(=O)[C@@H](Cc1cccc(CC(=O)NCCOc2cccc(C[C@H](C(=O)OC(C)(C)C)[C@H]3CCN(C(=O)OC(C)(C)C)C3)c2)c1)[C@H]1CCN(C(=O)OC(C)(C)C)C1. The molecule has 2 aliphatic rings. The Morgan fingerprint density at radius 2 is 1.03 bits per heavy atom. The van der Waals surface area contributed by atoms with Crippen molar-refractivity contribution < 1.29 is 47.7 Å². The van der Waals surface area contributed by atoms with Crippen molar-refractivity contribution in [1.29, 1.82) is 0 Å². The quantitative estimate of drug-likeness (QED) is 0.113. The maximum Gasteiger partial charge on any atom is 0.410 e. The summed E-state index contributed by atoms with van der Waals surface area (Å²) in [4.78, 5) is 69.1. The molecule has 2 aromatic rings. The van der Waals surface area contributed by atoms with Crippen LogP contribution < -0.4 is 10.1 Å². The van der Waals surface area contributed by atoms with Crippen LogP contribution in [0.3, 0.4) is 0 Å². The van der Waals surface area contributed by atoms with Crippen LogP contribution in [0.25, 0.3) is 0 Å². The van der Waals surface area contributed by atoms with Gasteiger partial charge in [-0.15, -0.1) is 0 Å². The maximum absolute atomic E-state index is 13.6. The van der Waals surface area contributed by atoms with E-state index in [1.165, 1.54) is 0 Å². The smallest absolute Gasteiger partial charge is 0.410 e. The summed E-state index contributed by atoms with van der Waals surface area (Å²) in [5, 5.41) is 2.94. The molecule has 2 heterocycles. The first-order valence-corrected chi connectivity index (χ1v) is 21.7. The average molecular weight is 850 g/mol. The molecular formula is C48H71N3O10. The van der Waals surface area contributed by atoms with Crippen LogP contribution in [-0.4, -0.2) is 102 Å². The van der Waals surface area contributed by atoms with Crippen LogP contribution in [0.4, 0.5) is 9.59 Å². The van der Waals surface area contributed by atoms with E-state index in [1.54, 1.807) is 9.80 Å². The zero-order valence-electron chi connectivity index (χ0n) is 38.7. The summed E-state index contributed by atoms with van der Waals surface area (Å²) in [6, 6.07) is 15.2. The molecule has 0 bridgehead atoms. The number of likely N-dealkylation sites (tertiary alicyclic amines) is 2. The second-order valence-electron chi connectivity index (χ2n) is 20.5. The molecule has 13 heteroatoms. The summed E-state index contributed by atoms with van der Waals surface area (Å²) in [5.74, 6) is -1.32. The standard InChI is InChI=1S/C48H71N3O10/c1-45(2,3)58-41(53)38(35-19-22-50(30-35)43(55)60-47(7,8)9)27-32-15-13-16-33(25-32)29-40(52)49-21-24-57-37-18-14-17-34(26-37)28-39(42(54)59-46(4,5)6)36-20-23-51(31-36)44(56)61-48(10,11)12/h13-18,25-26,35-36,38-39H,19-24,27-31H2,1-12H3,(H,49,52)/t35-,36-,38-,39-/m0/s1. The minimum atomic E-state index is -0.667. The first kappa shape index (κ1) is 48.9. The Bertz CT molecular complexity index is 1830. The molecule has 1 N–H and O–H groups in total. The van der Waals surface area contributed by atoms with Gasteiger partial charge in [-0.1, -0.05) is 36.4 Å². The van der Waals surface area contributed by atoms with Gasteiger partial charge in [0.25, 0.3) is 0 Å². The molecule has 0 aliphatic carbocycles. The van der Waals surface area contributed by atoms with Crippen LogP contribution in [0.1, 0.15) is 113 Å². The predicted molar refractivity (Wildman–Crippen MR) is 233 cm³/mol. The van der Waals surface area contributed by atoms with Crippen LogP contribution in [0.2, 0.25) is 0 Å². The minimum absolute atomic E-state index is 0.0988. The highest BCUT2D eigenvalue weighted by atomic mass is 16.6. The number of nitrogens with one attached hydrogen (secondary N) is 1. The van der Waals surface area contributed by atoms with Gasteiger partial charge < -0.3 is 38.8 Å². The molecule has 4 rings (SSSR count). The molecular weight excluding hydrogens is 779 g/mol. The van der Waals surface area contributed by atoms with Crippen molar-refractivity contribution >= 4 is 30.0 Å². The topological polar surface area (TPSA) is 150 Å². The van der Waals surface area contributed by atoms with E-state index < -0.39 is 34.2 Å². The molecule has 338 valence electrons. The fourth-order valence-electron chi connectivity index (χ4n) is 7.60. The Morgan fingerprint density at radius 3 is 1.49 bits per heavy atom. The Hall–Kier alpha value is -4.81. The number of ether oxygens (including phenoxy) is 5. The minimum Gasteiger partial charge on any atom is -0.492 e. The molecule has 2 aliphatic heterocycles. The molecule has 0 aromatic heterocycles. The fraction of sp³-hybridized carbons (Fsp3) is 0.646. The summed E-state index contributed by atoms with van der Waals surface area (Å²) in [6.07, 6.45) is 1.52. The second kappa shape index (κ2) is 20.4. The van der Waals surface area contributed by atoms with Gasteiger partial charge in [-0.25, -0.2) is 9.59 Å². The van der Waals surface area contributed by atoms with Crippen molar-refractivity contribution in [1.82, 2.24) is 15.1 Å². The van der Waals surface area contributed by atoms with E-state index in [4.69, 9.17) is 23.7 Å². The van der Waals surface area contributed by atoms with Crippen molar-refractivity contribution in [3.8, 4) is 5.75 Å². The van der Waals surface area contributed by atoms with Crippen LogP contribution in [0.15, 0.2) is 48.5 Å². The highest BCUT2D eigenvalue weighted by Gasteiger charge is 2.40. The molecule has 0 saturated carbocycles. The maximum atomic E-state index is 13.6. The van der Waals surface area contributed by atoms with Gasteiger partial charge in [0.2, 0.25) is 5.91 Å². The van der Waals surface area contributed by atoms with Crippen LogP contribution in [0.5, 0.6) is 5.75 Å². The Labute approximate surface area is 363 Å². The van der Waals surface area contributed by atoms with Gasteiger partial charge in [-0.2, -0.15) is 0 Å². The van der Waals surface area contributed by atoms with Gasteiger partial charge >= 0.3 is 24.1 Å². The van der Waals surface area contributed by atoms with Gasteiger partial charge in [0.05, 0.1) is 24.8 Å². The molecule has 0 spiro atoms. The first-order chi connectivity index (χ1) is 28.2. The lowest BCUT2D eigenvalue weighted by Crippen LogP contribution is -2.38. The third-order valence-corrected chi connectivity index (χ3v) is 10.2. The second-order valence-corrected chi connectivity index (χ2v) is 20.5. The number of rotatable bonds is 14. The molecule has 13 nitrogen and oxygen atoms in total. The number of nitrogens with zero attached hydrogens (tertiary/aromatic N) is 2. The lowest BCUT2D eigenvalue weighted by molar-refractivity contribution is -0.163. The van der Waals surface area contributed by atoms with E-state index in [9.17, 15) is 24.0 Å². The van der Waals surface area contributed by atoms with Crippen molar-refractivity contribution in [3.05, 3.63) is 65.2 Å². The van der Waals surface area contributed by atoms with Gasteiger partial charge in [-0.05, 0) is 149 Å². The zero-order chi connectivity index (χ0) is 45.3. The van der Waals surface area contributed by atoms with E-state index in [-0.39, 0.29) is 61.4 Å². The van der Waals surface area contributed by atoms with Crippen molar-refractivity contribution in [2.75, 3.05) is 39.3 Å². The summed E-state index contributed by atoms with van der Waals surface area (Å²) >= 11 is 0. The number of amides is 3. The van der Waals surface area contributed by atoms with E-state index in [0.29, 0.717) is 57.6 Å². The van der Waals surface area contributed by atoms with E-state index in [0.717, 1.165) is 16.7 Å². The number of hydrogen-bond acceptors (Lipinski definition) is 10. The van der Waals surface area contributed by atoms with Crippen LogP contribution in [0, 0.1) is 23.7 Å². The van der Waals surface area contributed by atoms with E-state index in [2.05, 4.69) is 5.32 Å². The normalized spacial score (nSPS) is 18.2. The predicted octanol–water partition coefficient (Wildman–Crippen LogP) is 7.94. The van der Waals surface area contributed by atoms with E-state index >= 15 is 0 Å². The molecule has 2 aromatic carbocycles. The Kier molecular flexibility index (Phi) is 16.3. The molecule has 2 saturated heterocycles. The zero-order valence-corrected chi connectivity index (χ0v) is 38.7. The Balaban J connectivity index is 1.32. The van der Waals surface area contributed by atoms with Gasteiger partial charge in [-0.3, -0.25) is 14.4 Å². The third kappa shape index (κ3) is 16.9. The van der Waals surface area contributed by atoms with Gasteiger partial charge in [0, 0.05) is 26.2 Å². The third-order valence-electron chi connectivity index (χ3n) is 10.2. The average Bonchev–Trinajstić information content (AvgIpc) is 3.80. The molecule has 0 radical (unpaired) electrons. The first-order valence-electron chi connectivity index (χ1n) is 21.7. The molecule has 0 unspecified atom stereocenters. The molecule has 4 atom stereocenters. The summed E-state index contributed by atoms with van der Waals surface area (Å²) < 4.78 is 28.9. The highest BCUT2D eigenvalue weighted by molar-refractivity contribution is 5.79. The molecule has 61 heavy (non-hydrogen) atoms. The lowest BCUT2D eigenvalue weighted by atomic mass is 9.85. The summed E-state index contributed by atoms with van der Waals surface area (Å²) in [6.45, 7) is 24.4. The summed E-state index contributed by atoms with van der Waals surface area (Å²) in [5.41, 5.74) is 0.0550. The van der Waals surface area contributed by atoms with Crippen molar-refractivity contribution in [2.24, 2.45) is 23.7 Å². The molecule has 2 fully saturated rings. The number of benzene rings is 2. The lowest BCUT2D eigenvalue weighted by Gasteiger charge is -2.28. The molecule has 3 amide bonds. The van der Waals surface area contributed by atoms with Crippen molar-refractivity contribution in [3.63, 3.8) is 0 Å². The monoisotopic (exact) mass is 850 g/mol. The van der Waals surface area contributed by atoms with Crippen LogP contribution in [-0.2, 0) is 52.6 Å². The number of hydrogen-bond donors (Lipinski definition) is 1. The van der Waals surface area contributed by atoms with Gasteiger partial charge in [0.15, 0.2) is 0 Å². The number of carbonyl (C=O) groups excluding carboxylic acids is 5. The van der Waals surface area contributed by atoms with E-state index in [1.807, 2.05) is 132 Å². The highest BCUT2D eigenvalue weighted by Crippen LogP contribution is 2.33. The van der Waals surface area contributed by atoms with Crippen molar-refractivity contribution in [2.45, 2.75) is 138 Å². The largest absolute Gasteiger partial charge is 0.492 e. The number of esters is 2. The summed E-state index contributed by atoms with van der Waals surface area (Å²) in [7, 11) is 0. The fourth-order valence-corrected chi connectivity index (χ4v) is 7.60. The van der Waals surface area contributed by atoms with Crippen LogP contribution >= 0.6 is 0 Å².